The summed E-state index contributed by atoms with van der Waals surface area (Å²) in [5, 5.41) is 5.60. The molecule has 0 atom stereocenters. The molecule has 5 rings (SSSR count). The van der Waals surface area contributed by atoms with Crippen LogP contribution in [0, 0.1) is 0 Å². The van der Waals surface area contributed by atoms with Gasteiger partial charge in [-0.15, -0.1) is 0 Å². The Kier molecular flexibility index (Phi) is 4.21. The minimum absolute atomic E-state index is 0.152. The average molecular weight is 381 g/mol. The number of carbonyl (C=O) groups is 1. The van der Waals surface area contributed by atoms with Crippen molar-refractivity contribution in [3.8, 4) is 5.69 Å². The van der Waals surface area contributed by atoms with E-state index in [4.69, 9.17) is 0 Å². The Morgan fingerprint density at radius 1 is 0.793 bits per heavy atom. The molecule has 0 unspecified atom stereocenters. The minimum Gasteiger partial charge on any atom is -0.333 e. The van der Waals surface area contributed by atoms with E-state index in [1.807, 2.05) is 59.5 Å². The summed E-state index contributed by atoms with van der Waals surface area (Å²) in [6, 6.07) is 24.6. The molecule has 0 fully saturated rings. The fourth-order valence-corrected chi connectivity index (χ4v) is 3.91. The van der Waals surface area contributed by atoms with Gasteiger partial charge in [-0.2, -0.15) is 9.78 Å². The van der Waals surface area contributed by atoms with E-state index in [1.165, 1.54) is 10.2 Å². The van der Waals surface area contributed by atoms with E-state index in [-0.39, 0.29) is 11.5 Å². The van der Waals surface area contributed by atoms with Gasteiger partial charge in [0.25, 0.3) is 11.5 Å². The smallest absolute Gasteiger partial charge is 0.279 e. The van der Waals surface area contributed by atoms with Crippen LogP contribution in [0.2, 0.25) is 0 Å². The summed E-state index contributed by atoms with van der Waals surface area (Å²) >= 11 is 0. The SMILES string of the molecule is O=C(c1nn(-c2ccccc2)c(=O)c2ccccc12)N1CCc2ccccc2C1. The van der Waals surface area contributed by atoms with Crippen LogP contribution in [0.3, 0.4) is 0 Å². The molecule has 0 N–H and O–H groups in total. The van der Waals surface area contributed by atoms with Crippen molar-refractivity contribution in [2.75, 3.05) is 6.54 Å². The summed E-state index contributed by atoms with van der Waals surface area (Å²) < 4.78 is 1.33. The molecule has 2 heterocycles. The first kappa shape index (κ1) is 17.4. The van der Waals surface area contributed by atoms with Crippen molar-refractivity contribution in [3.63, 3.8) is 0 Å². The third-order valence-electron chi connectivity index (χ3n) is 5.43. The molecule has 1 aromatic heterocycles. The predicted molar refractivity (Wildman–Crippen MR) is 112 cm³/mol. The fraction of sp³-hybridized carbons (Fsp3) is 0.125. The van der Waals surface area contributed by atoms with E-state index in [9.17, 15) is 9.59 Å². The van der Waals surface area contributed by atoms with Crippen molar-refractivity contribution in [1.29, 1.82) is 0 Å². The van der Waals surface area contributed by atoms with Crippen LogP contribution in [0.1, 0.15) is 21.6 Å². The Hall–Kier alpha value is -3.73. The molecule has 1 aliphatic rings. The lowest BCUT2D eigenvalue weighted by atomic mass is 9.99. The second kappa shape index (κ2) is 7.02. The van der Waals surface area contributed by atoms with Crippen LogP contribution in [0.25, 0.3) is 16.5 Å². The second-order valence-corrected chi connectivity index (χ2v) is 7.19. The van der Waals surface area contributed by atoms with E-state index in [0.717, 1.165) is 12.0 Å². The molecule has 0 aliphatic carbocycles. The number of nitrogens with zero attached hydrogens (tertiary/aromatic N) is 3. The highest BCUT2D eigenvalue weighted by molar-refractivity contribution is 6.04. The van der Waals surface area contributed by atoms with Gasteiger partial charge >= 0.3 is 0 Å². The molecule has 0 spiro atoms. The molecular formula is C24H19N3O2. The van der Waals surface area contributed by atoms with Crippen molar-refractivity contribution in [2.24, 2.45) is 0 Å². The van der Waals surface area contributed by atoms with Gasteiger partial charge in [-0.1, -0.05) is 60.7 Å². The average Bonchev–Trinajstić information content (AvgIpc) is 2.79. The summed E-state index contributed by atoms with van der Waals surface area (Å²) in [4.78, 5) is 28.3. The molecule has 29 heavy (non-hydrogen) atoms. The number of aromatic nitrogens is 2. The lowest BCUT2D eigenvalue weighted by molar-refractivity contribution is 0.0729. The number of benzene rings is 3. The minimum atomic E-state index is -0.229. The topological polar surface area (TPSA) is 55.2 Å². The quantitative estimate of drug-likeness (QED) is 0.533. The molecule has 4 aromatic rings. The van der Waals surface area contributed by atoms with Crippen molar-refractivity contribution in [3.05, 3.63) is 106 Å². The monoisotopic (exact) mass is 381 g/mol. The summed E-state index contributed by atoms with van der Waals surface area (Å²) in [5.74, 6) is -0.152. The van der Waals surface area contributed by atoms with E-state index >= 15 is 0 Å². The third kappa shape index (κ3) is 3.01. The zero-order valence-corrected chi connectivity index (χ0v) is 15.8. The number of hydrogen-bond donors (Lipinski definition) is 0. The highest BCUT2D eigenvalue weighted by Gasteiger charge is 2.25. The third-order valence-corrected chi connectivity index (χ3v) is 5.43. The summed E-state index contributed by atoms with van der Waals surface area (Å²) in [6.07, 6.45) is 0.818. The zero-order valence-electron chi connectivity index (χ0n) is 15.8. The van der Waals surface area contributed by atoms with E-state index in [2.05, 4.69) is 17.2 Å². The molecule has 5 heteroatoms. The van der Waals surface area contributed by atoms with Crippen LogP contribution in [-0.2, 0) is 13.0 Å². The maximum atomic E-state index is 13.5. The van der Waals surface area contributed by atoms with Gasteiger partial charge in [-0.05, 0) is 35.7 Å². The van der Waals surface area contributed by atoms with Crippen molar-refractivity contribution in [1.82, 2.24) is 14.7 Å². The number of para-hydroxylation sites is 1. The molecule has 0 radical (unpaired) electrons. The normalized spacial score (nSPS) is 13.3. The first-order valence-corrected chi connectivity index (χ1v) is 9.66. The van der Waals surface area contributed by atoms with Gasteiger partial charge in [-0.3, -0.25) is 9.59 Å². The summed E-state index contributed by atoms with van der Waals surface area (Å²) in [5.41, 5.74) is 3.16. The lowest BCUT2D eigenvalue weighted by Gasteiger charge is -2.29. The predicted octanol–water partition coefficient (Wildman–Crippen LogP) is 3.58. The largest absolute Gasteiger partial charge is 0.333 e. The number of carbonyl (C=O) groups excluding carboxylic acids is 1. The molecule has 5 nitrogen and oxygen atoms in total. The highest BCUT2D eigenvalue weighted by atomic mass is 16.2. The van der Waals surface area contributed by atoms with Crippen LogP contribution in [0.5, 0.6) is 0 Å². The van der Waals surface area contributed by atoms with E-state index in [1.54, 1.807) is 12.1 Å². The Labute approximate surface area is 167 Å². The zero-order chi connectivity index (χ0) is 19.8. The second-order valence-electron chi connectivity index (χ2n) is 7.19. The Balaban J connectivity index is 1.64. The number of fused-ring (bicyclic) bond motifs is 2. The van der Waals surface area contributed by atoms with Gasteiger partial charge < -0.3 is 4.90 Å². The molecule has 0 saturated carbocycles. The molecule has 142 valence electrons. The van der Waals surface area contributed by atoms with Crippen LogP contribution < -0.4 is 5.56 Å². The molecule has 1 amide bonds. The van der Waals surface area contributed by atoms with Gasteiger partial charge in [0, 0.05) is 18.5 Å². The highest BCUT2D eigenvalue weighted by Crippen LogP contribution is 2.22. The van der Waals surface area contributed by atoms with Crippen molar-refractivity contribution < 1.29 is 4.79 Å². The number of rotatable bonds is 2. The van der Waals surface area contributed by atoms with Crippen LogP contribution in [-0.4, -0.2) is 27.1 Å². The first-order chi connectivity index (χ1) is 14.2. The van der Waals surface area contributed by atoms with Gasteiger partial charge in [0.05, 0.1) is 11.1 Å². The van der Waals surface area contributed by atoms with E-state index < -0.39 is 0 Å². The Bertz CT molecular complexity index is 1280. The fourth-order valence-electron chi connectivity index (χ4n) is 3.91. The van der Waals surface area contributed by atoms with E-state index in [0.29, 0.717) is 35.2 Å². The van der Waals surface area contributed by atoms with Gasteiger partial charge in [0.1, 0.15) is 0 Å². The lowest BCUT2D eigenvalue weighted by Crippen LogP contribution is -2.37. The Morgan fingerprint density at radius 2 is 1.45 bits per heavy atom. The van der Waals surface area contributed by atoms with Crippen LogP contribution in [0.15, 0.2) is 83.7 Å². The summed E-state index contributed by atoms with van der Waals surface area (Å²) in [6.45, 7) is 1.19. The summed E-state index contributed by atoms with van der Waals surface area (Å²) in [7, 11) is 0. The van der Waals surface area contributed by atoms with Gasteiger partial charge in [-0.25, -0.2) is 0 Å². The van der Waals surface area contributed by atoms with Gasteiger partial charge in [0.2, 0.25) is 0 Å². The molecule has 3 aromatic carbocycles. The van der Waals surface area contributed by atoms with Crippen LogP contribution in [0.4, 0.5) is 0 Å². The molecule has 0 saturated heterocycles. The maximum Gasteiger partial charge on any atom is 0.279 e. The van der Waals surface area contributed by atoms with Gasteiger partial charge in [0.15, 0.2) is 5.69 Å². The first-order valence-electron chi connectivity index (χ1n) is 9.66. The number of amides is 1. The standard InChI is InChI=1S/C24H19N3O2/c28-23-21-13-7-6-12-20(21)22(25-27(23)19-10-2-1-3-11-19)24(29)26-15-14-17-8-4-5-9-18(17)16-26/h1-13H,14-16H2. The maximum absolute atomic E-state index is 13.5. The van der Waals surface area contributed by atoms with Crippen molar-refractivity contribution >= 4 is 16.7 Å². The van der Waals surface area contributed by atoms with Crippen LogP contribution >= 0.6 is 0 Å². The molecule has 0 bridgehead atoms. The number of hydrogen-bond acceptors (Lipinski definition) is 3. The van der Waals surface area contributed by atoms with Crippen molar-refractivity contribution in [2.45, 2.75) is 13.0 Å². The molecular weight excluding hydrogens is 362 g/mol. The molecule has 1 aliphatic heterocycles. The Morgan fingerprint density at radius 3 is 2.24 bits per heavy atom.